The summed E-state index contributed by atoms with van der Waals surface area (Å²) < 4.78 is 0. The number of hydrogen-bond donors (Lipinski definition) is 3. The summed E-state index contributed by atoms with van der Waals surface area (Å²) in [6.45, 7) is 0.538. The summed E-state index contributed by atoms with van der Waals surface area (Å²) in [5.74, 6) is 1.04. The van der Waals surface area contributed by atoms with Crippen molar-refractivity contribution >= 4 is 17.5 Å². The van der Waals surface area contributed by atoms with E-state index in [1.807, 2.05) is 0 Å². The van der Waals surface area contributed by atoms with Gasteiger partial charge in [-0.05, 0) is 12.8 Å². The normalized spacial score (nSPS) is 14.5. The molecule has 0 spiro atoms. The van der Waals surface area contributed by atoms with Gasteiger partial charge < -0.3 is 16.4 Å². The van der Waals surface area contributed by atoms with E-state index in [2.05, 4.69) is 20.6 Å². The lowest BCUT2D eigenvalue weighted by molar-refractivity contribution is -0.120. The highest BCUT2D eigenvalue weighted by atomic mass is 16.1. The molecular weight excluding hydrogens is 206 g/mol. The second-order valence-corrected chi connectivity index (χ2v) is 3.85. The maximum atomic E-state index is 11.3. The molecule has 0 unspecified atom stereocenters. The summed E-state index contributed by atoms with van der Waals surface area (Å²) in [6, 6.07) is 0.416. The Kier molecular flexibility index (Phi) is 3.19. The zero-order chi connectivity index (χ0) is 11.4. The minimum Gasteiger partial charge on any atom is -0.382 e. The molecule has 6 nitrogen and oxygen atoms in total. The first kappa shape index (κ1) is 10.7. The summed E-state index contributed by atoms with van der Waals surface area (Å²) in [5.41, 5.74) is 5.47. The Hall–Kier alpha value is -1.85. The molecule has 1 fully saturated rings. The van der Waals surface area contributed by atoms with E-state index in [9.17, 15) is 4.79 Å². The summed E-state index contributed by atoms with van der Waals surface area (Å²) in [5, 5.41) is 5.91. The van der Waals surface area contributed by atoms with Crippen LogP contribution in [0, 0.1) is 0 Å². The fraction of sp³-hybridized carbons (Fsp3) is 0.500. The van der Waals surface area contributed by atoms with Crippen molar-refractivity contribution < 1.29 is 4.79 Å². The number of carbonyl (C=O) groups is 1. The molecule has 2 rings (SSSR count). The van der Waals surface area contributed by atoms with Gasteiger partial charge in [-0.2, -0.15) is 0 Å². The van der Waals surface area contributed by atoms with Crippen LogP contribution in [0.25, 0.3) is 0 Å². The minimum absolute atomic E-state index is 0.0758. The Balaban J connectivity index is 1.68. The molecule has 0 aliphatic heterocycles. The molecule has 0 radical (unpaired) electrons. The standard InChI is InChI=1S/C10H15N5O/c11-8-5-12-6-9(15-8)13-4-3-10(16)14-7-1-2-7/h5-7H,1-4H2,(H,14,16)(H3,11,13,15). The molecule has 1 amide bonds. The van der Waals surface area contributed by atoms with Crippen LogP contribution in [0.2, 0.25) is 0 Å². The van der Waals surface area contributed by atoms with Gasteiger partial charge in [-0.1, -0.05) is 0 Å². The Bertz CT molecular complexity index is 377. The van der Waals surface area contributed by atoms with Gasteiger partial charge in [0, 0.05) is 19.0 Å². The molecule has 1 aliphatic rings. The molecular formula is C10H15N5O. The van der Waals surface area contributed by atoms with E-state index in [0.29, 0.717) is 30.6 Å². The number of nitrogen functional groups attached to an aromatic ring is 1. The lowest BCUT2D eigenvalue weighted by Gasteiger charge is -2.05. The lowest BCUT2D eigenvalue weighted by Crippen LogP contribution is -2.27. The van der Waals surface area contributed by atoms with Crippen molar-refractivity contribution in [2.45, 2.75) is 25.3 Å². The number of hydrogen-bond acceptors (Lipinski definition) is 5. The van der Waals surface area contributed by atoms with E-state index in [0.717, 1.165) is 12.8 Å². The maximum absolute atomic E-state index is 11.3. The van der Waals surface area contributed by atoms with E-state index in [4.69, 9.17) is 5.73 Å². The van der Waals surface area contributed by atoms with Gasteiger partial charge in [-0.3, -0.25) is 9.78 Å². The fourth-order valence-electron chi connectivity index (χ4n) is 1.30. The predicted octanol–water partition coefficient (Wildman–Crippen LogP) is 0.139. The third kappa shape index (κ3) is 3.38. The van der Waals surface area contributed by atoms with Crippen LogP contribution in [0.15, 0.2) is 12.4 Å². The van der Waals surface area contributed by atoms with Gasteiger partial charge in [0.25, 0.3) is 0 Å². The molecule has 16 heavy (non-hydrogen) atoms. The molecule has 1 aromatic heterocycles. The highest BCUT2D eigenvalue weighted by molar-refractivity contribution is 5.77. The van der Waals surface area contributed by atoms with Gasteiger partial charge in [0.15, 0.2) is 0 Å². The van der Waals surface area contributed by atoms with Crippen LogP contribution in [-0.4, -0.2) is 28.5 Å². The van der Waals surface area contributed by atoms with Gasteiger partial charge in [0.1, 0.15) is 11.6 Å². The van der Waals surface area contributed by atoms with Crippen LogP contribution < -0.4 is 16.4 Å². The highest BCUT2D eigenvalue weighted by Crippen LogP contribution is 2.18. The second kappa shape index (κ2) is 4.78. The van der Waals surface area contributed by atoms with Crippen LogP contribution in [0.5, 0.6) is 0 Å². The monoisotopic (exact) mass is 221 g/mol. The van der Waals surface area contributed by atoms with Crippen molar-refractivity contribution in [3.8, 4) is 0 Å². The van der Waals surface area contributed by atoms with E-state index in [1.165, 1.54) is 6.20 Å². The Labute approximate surface area is 93.7 Å². The topological polar surface area (TPSA) is 92.9 Å². The molecule has 1 aromatic rings. The quantitative estimate of drug-likeness (QED) is 0.657. The molecule has 0 bridgehead atoms. The number of rotatable bonds is 5. The van der Waals surface area contributed by atoms with E-state index >= 15 is 0 Å². The van der Waals surface area contributed by atoms with E-state index in [-0.39, 0.29) is 5.91 Å². The second-order valence-electron chi connectivity index (χ2n) is 3.85. The largest absolute Gasteiger partial charge is 0.382 e. The molecule has 1 heterocycles. The third-order valence-electron chi connectivity index (χ3n) is 2.25. The molecule has 0 atom stereocenters. The third-order valence-corrected chi connectivity index (χ3v) is 2.25. The number of anilines is 2. The van der Waals surface area contributed by atoms with Gasteiger partial charge in [-0.25, -0.2) is 4.98 Å². The smallest absolute Gasteiger partial charge is 0.221 e. The number of amides is 1. The van der Waals surface area contributed by atoms with Crippen LogP contribution in [0.1, 0.15) is 19.3 Å². The lowest BCUT2D eigenvalue weighted by atomic mass is 10.4. The van der Waals surface area contributed by atoms with Crippen LogP contribution in [0.3, 0.4) is 0 Å². The van der Waals surface area contributed by atoms with Gasteiger partial charge in [0.05, 0.1) is 12.4 Å². The number of nitrogens with one attached hydrogen (secondary N) is 2. The van der Waals surface area contributed by atoms with Crippen molar-refractivity contribution in [3.63, 3.8) is 0 Å². The highest BCUT2D eigenvalue weighted by Gasteiger charge is 2.22. The van der Waals surface area contributed by atoms with Gasteiger partial charge >= 0.3 is 0 Å². The van der Waals surface area contributed by atoms with Crippen LogP contribution in [-0.2, 0) is 4.79 Å². The predicted molar refractivity (Wildman–Crippen MR) is 60.7 cm³/mol. The first-order valence-corrected chi connectivity index (χ1v) is 5.35. The number of nitrogens with two attached hydrogens (primary N) is 1. The first-order valence-electron chi connectivity index (χ1n) is 5.35. The number of carbonyl (C=O) groups excluding carboxylic acids is 1. The van der Waals surface area contributed by atoms with Crippen LogP contribution >= 0.6 is 0 Å². The summed E-state index contributed by atoms with van der Waals surface area (Å²) >= 11 is 0. The van der Waals surface area contributed by atoms with Crippen molar-refractivity contribution in [2.24, 2.45) is 0 Å². The molecule has 6 heteroatoms. The molecule has 4 N–H and O–H groups in total. The van der Waals surface area contributed by atoms with Crippen molar-refractivity contribution in [1.82, 2.24) is 15.3 Å². The van der Waals surface area contributed by atoms with Crippen molar-refractivity contribution in [3.05, 3.63) is 12.4 Å². The fourth-order valence-corrected chi connectivity index (χ4v) is 1.30. The zero-order valence-electron chi connectivity index (χ0n) is 8.94. The van der Waals surface area contributed by atoms with Crippen LogP contribution in [0.4, 0.5) is 11.6 Å². The molecule has 0 saturated heterocycles. The van der Waals surface area contributed by atoms with Crippen molar-refractivity contribution in [1.29, 1.82) is 0 Å². The van der Waals surface area contributed by atoms with E-state index in [1.54, 1.807) is 6.20 Å². The zero-order valence-corrected chi connectivity index (χ0v) is 8.94. The molecule has 0 aromatic carbocycles. The summed E-state index contributed by atoms with van der Waals surface area (Å²) in [7, 11) is 0. The summed E-state index contributed by atoms with van der Waals surface area (Å²) in [6.07, 6.45) is 5.72. The number of aromatic nitrogens is 2. The van der Waals surface area contributed by atoms with Gasteiger partial charge in [-0.15, -0.1) is 0 Å². The maximum Gasteiger partial charge on any atom is 0.221 e. The molecule has 1 aliphatic carbocycles. The average Bonchev–Trinajstić information content (AvgIpc) is 3.02. The van der Waals surface area contributed by atoms with Gasteiger partial charge in [0.2, 0.25) is 5.91 Å². The Morgan fingerprint density at radius 2 is 2.31 bits per heavy atom. The Morgan fingerprint density at radius 1 is 1.50 bits per heavy atom. The first-order chi connectivity index (χ1) is 7.74. The van der Waals surface area contributed by atoms with Crippen molar-refractivity contribution in [2.75, 3.05) is 17.6 Å². The summed E-state index contributed by atoms with van der Waals surface area (Å²) in [4.78, 5) is 19.2. The number of nitrogens with zero attached hydrogens (tertiary/aromatic N) is 2. The molecule has 1 saturated carbocycles. The molecule has 86 valence electrons. The SMILES string of the molecule is Nc1cncc(NCCC(=O)NC2CC2)n1. The average molecular weight is 221 g/mol. The minimum atomic E-state index is 0.0758. The van der Waals surface area contributed by atoms with E-state index < -0.39 is 0 Å². The Morgan fingerprint density at radius 3 is 3.00 bits per heavy atom.